The Kier molecular flexibility index (Phi) is 13.6. The number of hydrogen-bond acceptors (Lipinski definition) is 5. The predicted octanol–water partition coefficient (Wildman–Crippen LogP) is 6.37. The lowest BCUT2D eigenvalue weighted by molar-refractivity contribution is -0.121. The maximum Gasteiger partial charge on any atom is 0.262 e. The van der Waals surface area contributed by atoms with Crippen molar-refractivity contribution in [2.45, 2.75) is 33.8 Å². The van der Waals surface area contributed by atoms with Gasteiger partial charge < -0.3 is 15.1 Å². The fourth-order valence-corrected chi connectivity index (χ4v) is 3.95. The number of thioether (sulfide) groups is 2. The summed E-state index contributed by atoms with van der Waals surface area (Å²) in [6, 6.07) is 8.95. The Bertz CT molecular complexity index is 757. The standard InChI is InChI=1S/C20H24ClNO3S2.C2H6/c1-6-18(27-14(3)21)17(24)12-26-15(4)22(5)20(25)19(13(2)23)16-10-8-7-9-11-16;1-2/h6-11,17,23-24H,3-4,12H2,1-2,5H3;1-2H3/b18-6-,19-13+;. The van der Waals surface area contributed by atoms with Crippen LogP contribution in [0.15, 0.2) is 69.6 Å². The molecule has 1 aromatic rings. The van der Waals surface area contributed by atoms with Crippen LogP contribution in [0.3, 0.4) is 0 Å². The fraction of sp³-hybridized carbons (Fsp3) is 0.318. The van der Waals surface area contributed by atoms with E-state index in [2.05, 4.69) is 13.2 Å². The number of halogens is 1. The maximum absolute atomic E-state index is 12.8. The van der Waals surface area contributed by atoms with Gasteiger partial charge in [0.15, 0.2) is 0 Å². The summed E-state index contributed by atoms with van der Waals surface area (Å²) >= 11 is 8.23. The number of aliphatic hydroxyl groups excluding tert-OH is 2. The minimum atomic E-state index is -0.760. The van der Waals surface area contributed by atoms with Crippen molar-refractivity contribution >= 4 is 46.6 Å². The van der Waals surface area contributed by atoms with E-state index in [9.17, 15) is 15.0 Å². The van der Waals surface area contributed by atoms with Crippen LogP contribution >= 0.6 is 35.1 Å². The molecule has 0 aromatic heterocycles. The Morgan fingerprint density at radius 1 is 1.28 bits per heavy atom. The molecular formula is C22H30ClNO3S2. The lowest BCUT2D eigenvalue weighted by atomic mass is 10.0. The Hall–Kier alpha value is -1.60. The molecule has 0 fully saturated rings. The number of benzene rings is 1. The van der Waals surface area contributed by atoms with Gasteiger partial charge in [-0.1, -0.05) is 86.8 Å². The number of carbonyl (C=O) groups is 1. The topological polar surface area (TPSA) is 60.8 Å². The summed E-state index contributed by atoms with van der Waals surface area (Å²) in [5, 5.41) is 20.8. The Morgan fingerprint density at radius 2 is 1.83 bits per heavy atom. The molecule has 1 unspecified atom stereocenters. The van der Waals surface area contributed by atoms with Gasteiger partial charge in [-0.05, 0) is 19.4 Å². The molecule has 0 heterocycles. The lowest BCUT2D eigenvalue weighted by Crippen LogP contribution is -2.27. The highest BCUT2D eigenvalue weighted by Crippen LogP contribution is 2.32. The van der Waals surface area contributed by atoms with Crippen molar-refractivity contribution in [3.8, 4) is 0 Å². The molecule has 0 saturated carbocycles. The van der Waals surface area contributed by atoms with Crippen molar-refractivity contribution in [1.82, 2.24) is 4.90 Å². The highest BCUT2D eigenvalue weighted by molar-refractivity contribution is 8.08. The predicted molar refractivity (Wildman–Crippen MR) is 130 cm³/mol. The van der Waals surface area contributed by atoms with Gasteiger partial charge in [0.1, 0.15) is 5.76 Å². The molecule has 1 rings (SSSR count). The summed E-state index contributed by atoms with van der Waals surface area (Å²) in [5.41, 5.74) is 0.837. The van der Waals surface area contributed by atoms with Crippen LogP contribution in [0, 0.1) is 0 Å². The quantitative estimate of drug-likeness (QED) is 0.334. The minimum Gasteiger partial charge on any atom is -0.512 e. The van der Waals surface area contributed by atoms with E-state index in [1.54, 1.807) is 37.4 Å². The van der Waals surface area contributed by atoms with Crippen LogP contribution in [-0.4, -0.2) is 39.9 Å². The number of rotatable bonds is 9. The number of likely N-dealkylation sites (N-methyl/N-ethyl adjacent to an activating group) is 1. The molecule has 0 radical (unpaired) electrons. The van der Waals surface area contributed by atoms with Gasteiger partial charge in [0.2, 0.25) is 0 Å². The maximum atomic E-state index is 12.8. The van der Waals surface area contributed by atoms with Gasteiger partial charge >= 0.3 is 0 Å². The molecule has 0 aliphatic heterocycles. The molecule has 1 atom stereocenters. The number of aliphatic hydroxyl groups is 2. The van der Waals surface area contributed by atoms with Crippen LogP contribution in [0.2, 0.25) is 0 Å². The fourth-order valence-electron chi connectivity index (χ4n) is 2.17. The summed E-state index contributed by atoms with van der Waals surface area (Å²) < 4.78 is 0.370. The summed E-state index contributed by atoms with van der Waals surface area (Å²) in [7, 11) is 1.59. The molecule has 7 heteroatoms. The van der Waals surface area contributed by atoms with E-state index in [0.717, 1.165) is 0 Å². The van der Waals surface area contributed by atoms with E-state index in [-0.39, 0.29) is 17.2 Å². The largest absolute Gasteiger partial charge is 0.512 e. The first-order chi connectivity index (χ1) is 13.7. The average Bonchev–Trinajstić information content (AvgIpc) is 2.71. The Balaban J connectivity index is 0.00000379. The summed E-state index contributed by atoms with van der Waals surface area (Å²) in [6.07, 6.45) is 1.01. The molecule has 0 aliphatic rings. The highest BCUT2D eigenvalue weighted by atomic mass is 35.5. The summed E-state index contributed by atoms with van der Waals surface area (Å²) in [4.78, 5) is 14.9. The monoisotopic (exact) mass is 455 g/mol. The van der Waals surface area contributed by atoms with Gasteiger partial charge in [0.25, 0.3) is 5.91 Å². The number of allylic oxidation sites excluding steroid dienone is 2. The van der Waals surface area contributed by atoms with Crippen molar-refractivity contribution < 1.29 is 15.0 Å². The van der Waals surface area contributed by atoms with E-state index in [4.69, 9.17) is 11.6 Å². The van der Waals surface area contributed by atoms with E-state index in [1.165, 1.54) is 35.3 Å². The first-order valence-corrected chi connectivity index (χ1v) is 11.3. The van der Waals surface area contributed by atoms with Crippen molar-refractivity contribution in [2.75, 3.05) is 12.8 Å². The SMILES string of the molecule is C=C(Cl)S/C(=C\C)C(O)CSC(=C)N(C)C(=O)/C(=C(\C)O)c1ccccc1.CC. The van der Waals surface area contributed by atoms with E-state index < -0.39 is 6.10 Å². The number of nitrogens with zero attached hydrogens (tertiary/aromatic N) is 1. The third-order valence-corrected chi connectivity index (χ3v) is 5.85. The van der Waals surface area contributed by atoms with Crippen molar-refractivity contribution in [3.05, 3.63) is 75.2 Å². The third-order valence-electron chi connectivity index (χ3n) is 3.57. The van der Waals surface area contributed by atoms with Crippen molar-refractivity contribution in [2.24, 2.45) is 0 Å². The zero-order chi connectivity index (χ0) is 22.6. The molecule has 160 valence electrons. The van der Waals surface area contributed by atoms with Gasteiger partial charge in [-0.25, -0.2) is 0 Å². The minimum absolute atomic E-state index is 0.0656. The highest BCUT2D eigenvalue weighted by Gasteiger charge is 2.22. The molecule has 1 aromatic carbocycles. The van der Waals surface area contributed by atoms with Crippen molar-refractivity contribution in [1.29, 1.82) is 0 Å². The number of hydrogen-bond donors (Lipinski definition) is 2. The zero-order valence-electron chi connectivity index (χ0n) is 17.6. The Labute approximate surface area is 188 Å². The lowest BCUT2D eigenvalue weighted by Gasteiger charge is -2.22. The van der Waals surface area contributed by atoms with Gasteiger partial charge in [-0.2, -0.15) is 0 Å². The Morgan fingerprint density at radius 3 is 2.28 bits per heavy atom. The average molecular weight is 456 g/mol. The number of amides is 1. The van der Waals surface area contributed by atoms with Gasteiger partial charge in [0.05, 0.1) is 21.1 Å². The zero-order valence-corrected chi connectivity index (χ0v) is 20.0. The molecule has 0 saturated heterocycles. The molecule has 2 N–H and O–H groups in total. The molecular weight excluding hydrogens is 426 g/mol. The van der Waals surface area contributed by atoms with Crippen LogP contribution in [0.5, 0.6) is 0 Å². The van der Waals surface area contributed by atoms with Crippen LogP contribution in [0.25, 0.3) is 5.57 Å². The van der Waals surface area contributed by atoms with Gasteiger partial charge in [-0.15, -0.1) is 11.8 Å². The molecule has 29 heavy (non-hydrogen) atoms. The second kappa shape index (κ2) is 14.4. The molecule has 1 amide bonds. The van der Waals surface area contributed by atoms with Gasteiger partial charge in [0, 0.05) is 17.7 Å². The van der Waals surface area contributed by atoms with Gasteiger partial charge in [-0.3, -0.25) is 4.79 Å². The van der Waals surface area contributed by atoms with Crippen molar-refractivity contribution in [3.63, 3.8) is 0 Å². The van der Waals surface area contributed by atoms with E-state index >= 15 is 0 Å². The smallest absolute Gasteiger partial charge is 0.262 e. The normalized spacial score (nSPS) is 12.9. The second-order valence-electron chi connectivity index (χ2n) is 5.56. The first kappa shape index (κ1) is 27.4. The van der Waals surface area contributed by atoms with Crippen LogP contribution in [0.4, 0.5) is 0 Å². The van der Waals surface area contributed by atoms with Crippen LogP contribution < -0.4 is 0 Å². The summed E-state index contributed by atoms with van der Waals surface area (Å²) in [5.74, 6) is -0.137. The molecule has 0 bridgehead atoms. The van der Waals surface area contributed by atoms with Crippen LogP contribution in [-0.2, 0) is 4.79 Å². The first-order valence-electron chi connectivity index (χ1n) is 9.10. The van der Waals surface area contributed by atoms with E-state index in [1.807, 2.05) is 26.8 Å². The molecule has 0 aliphatic carbocycles. The molecule has 4 nitrogen and oxygen atoms in total. The van der Waals surface area contributed by atoms with E-state index in [0.29, 0.717) is 25.6 Å². The third kappa shape index (κ3) is 9.17. The molecule has 0 spiro atoms. The second-order valence-corrected chi connectivity index (χ2v) is 8.50. The number of carbonyl (C=O) groups excluding carboxylic acids is 1. The van der Waals surface area contributed by atoms with Crippen LogP contribution in [0.1, 0.15) is 33.3 Å². The summed E-state index contributed by atoms with van der Waals surface area (Å²) in [6.45, 7) is 14.8.